The molecule has 0 saturated heterocycles. The van der Waals surface area contributed by atoms with Gasteiger partial charge < -0.3 is 9.84 Å². The second kappa shape index (κ2) is 4.00. The Morgan fingerprint density at radius 2 is 2.60 bits per heavy atom. The van der Waals surface area contributed by atoms with Crippen LogP contribution in [-0.4, -0.2) is 23.7 Å². The molecule has 0 aliphatic heterocycles. The molecule has 0 aliphatic carbocycles. The highest BCUT2D eigenvalue weighted by atomic mass is 16.5. The molecule has 1 aromatic heterocycles. The number of hydrogen-bond donors (Lipinski definition) is 1. The molecular weight excluding hydrogens is 130 g/mol. The van der Waals surface area contributed by atoms with Gasteiger partial charge in [0.2, 0.25) is 5.89 Å². The summed E-state index contributed by atoms with van der Waals surface area (Å²) >= 11 is 0. The molecule has 0 amide bonds. The molecule has 1 heterocycles. The van der Waals surface area contributed by atoms with Crippen LogP contribution in [0.2, 0.25) is 0 Å². The predicted octanol–water partition coefficient (Wildman–Crippen LogP) is 0.222. The van der Waals surface area contributed by atoms with Crippen molar-refractivity contribution >= 4 is 0 Å². The third kappa shape index (κ3) is 2.14. The summed E-state index contributed by atoms with van der Waals surface area (Å²) in [6, 6.07) is 0. The molecule has 0 aliphatic rings. The Morgan fingerprint density at radius 3 is 3.20 bits per heavy atom. The van der Waals surface area contributed by atoms with Crippen LogP contribution in [0.4, 0.5) is 0 Å². The molecule has 0 radical (unpaired) electrons. The van der Waals surface area contributed by atoms with Gasteiger partial charge in [0.15, 0.2) is 6.33 Å². The molecule has 4 nitrogen and oxygen atoms in total. The molecule has 0 aromatic carbocycles. The highest BCUT2D eigenvalue weighted by Crippen LogP contribution is 1.94. The summed E-state index contributed by atoms with van der Waals surface area (Å²) in [5.74, 6) is 0.718. The van der Waals surface area contributed by atoms with Crippen molar-refractivity contribution in [3.8, 4) is 0 Å². The van der Waals surface area contributed by atoms with E-state index in [0.717, 1.165) is 25.3 Å². The molecule has 1 aromatic rings. The summed E-state index contributed by atoms with van der Waals surface area (Å²) in [4.78, 5) is 3.88. The molecule has 56 valence electrons. The fourth-order valence-corrected chi connectivity index (χ4v) is 0.723. The first-order chi connectivity index (χ1) is 4.93. The van der Waals surface area contributed by atoms with Gasteiger partial charge in [0, 0.05) is 6.42 Å². The van der Waals surface area contributed by atoms with E-state index in [4.69, 9.17) is 4.52 Å². The van der Waals surface area contributed by atoms with Crippen molar-refractivity contribution in [3.63, 3.8) is 0 Å². The number of nitrogens with zero attached hydrogens (tertiary/aromatic N) is 2. The topological polar surface area (TPSA) is 51.0 Å². The summed E-state index contributed by atoms with van der Waals surface area (Å²) in [5, 5.41) is 6.53. The van der Waals surface area contributed by atoms with E-state index in [-0.39, 0.29) is 0 Å². The van der Waals surface area contributed by atoms with E-state index in [1.165, 1.54) is 6.33 Å². The molecule has 4 heteroatoms. The van der Waals surface area contributed by atoms with E-state index in [9.17, 15) is 0 Å². The molecule has 0 unspecified atom stereocenters. The fourth-order valence-electron chi connectivity index (χ4n) is 0.723. The number of nitrogens with one attached hydrogen (secondary N) is 1. The van der Waals surface area contributed by atoms with Gasteiger partial charge in [-0.1, -0.05) is 5.16 Å². The van der Waals surface area contributed by atoms with Gasteiger partial charge in [-0.2, -0.15) is 4.98 Å². The Bertz CT molecular complexity index is 162. The van der Waals surface area contributed by atoms with Gasteiger partial charge in [0.25, 0.3) is 0 Å². The largest absolute Gasteiger partial charge is 0.340 e. The number of hydrogen-bond acceptors (Lipinski definition) is 4. The Labute approximate surface area is 59.6 Å². The zero-order chi connectivity index (χ0) is 7.23. The summed E-state index contributed by atoms with van der Waals surface area (Å²) < 4.78 is 4.79. The van der Waals surface area contributed by atoms with E-state index < -0.39 is 0 Å². The van der Waals surface area contributed by atoms with E-state index in [1.807, 2.05) is 7.05 Å². The number of rotatable bonds is 4. The maximum absolute atomic E-state index is 4.79. The van der Waals surface area contributed by atoms with Crippen LogP contribution in [0.3, 0.4) is 0 Å². The van der Waals surface area contributed by atoms with Crippen LogP contribution in [0.15, 0.2) is 10.9 Å². The standard InChI is InChI=1S/C6H11N3O/c1-7-4-2-3-6-8-5-9-10-6/h5,7H,2-4H2,1H3. The first-order valence-corrected chi connectivity index (χ1v) is 3.33. The maximum Gasteiger partial charge on any atom is 0.226 e. The van der Waals surface area contributed by atoms with Crippen molar-refractivity contribution in [2.24, 2.45) is 0 Å². The molecule has 10 heavy (non-hydrogen) atoms. The van der Waals surface area contributed by atoms with Gasteiger partial charge in [-0.05, 0) is 20.0 Å². The maximum atomic E-state index is 4.79. The Balaban J connectivity index is 2.15. The molecular formula is C6H11N3O. The van der Waals surface area contributed by atoms with Crippen LogP contribution in [0.5, 0.6) is 0 Å². The fraction of sp³-hybridized carbons (Fsp3) is 0.667. The van der Waals surface area contributed by atoms with Crippen LogP contribution in [-0.2, 0) is 6.42 Å². The highest BCUT2D eigenvalue weighted by Gasteiger charge is 1.95. The van der Waals surface area contributed by atoms with Gasteiger partial charge in [-0.25, -0.2) is 0 Å². The van der Waals surface area contributed by atoms with Crippen LogP contribution in [0.25, 0.3) is 0 Å². The average Bonchev–Trinajstić information content (AvgIpc) is 2.41. The average molecular weight is 141 g/mol. The monoisotopic (exact) mass is 141 g/mol. The zero-order valence-electron chi connectivity index (χ0n) is 6.00. The SMILES string of the molecule is CNCCCc1ncno1. The predicted molar refractivity (Wildman–Crippen MR) is 36.5 cm³/mol. The van der Waals surface area contributed by atoms with E-state index in [0.29, 0.717) is 0 Å². The minimum atomic E-state index is 0.718. The summed E-state index contributed by atoms with van der Waals surface area (Å²) in [7, 11) is 1.92. The van der Waals surface area contributed by atoms with Gasteiger partial charge in [-0.3, -0.25) is 0 Å². The zero-order valence-corrected chi connectivity index (χ0v) is 6.00. The second-order valence-corrected chi connectivity index (χ2v) is 2.04. The Hall–Kier alpha value is -0.900. The third-order valence-corrected chi connectivity index (χ3v) is 1.22. The molecule has 0 saturated carbocycles. The molecule has 0 spiro atoms. The first kappa shape index (κ1) is 7.21. The first-order valence-electron chi connectivity index (χ1n) is 3.33. The van der Waals surface area contributed by atoms with Crippen LogP contribution < -0.4 is 5.32 Å². The van der Waals surface area contributed by atoms with Crippen molar-refractivity contribution in [3.05, 3.63) is 12.2 Å². The lowest BCUT2D eigenvalue weighted by Gasteiger charge is -1.92. The van der Waals surface area contributed by atoms with E-state index >= 15 is 0 Å². The van der Waals surface area contributed by atoms with E-state index in [2.05, 4.69) is 15.5 Å². The van der Waals surface area contributed by atoms with Gasteiger partial charge in [0.1, 0.15) is 0 Å². The van der Waals surface area contributed by atoms with Crippen LogP contribution in [0.1, 0.15) is 12.3 Å². The van der Waals surface area contributed by atoms with Gasteiger partial charge in [0.05, 0.1) is 0 Å². The molecule has 0 fully saturated rings. The summed E-state index contributed by atoms with van der Waals surface area (Å²) in [5.41, 5.74) is 0. The van der Waals surface area contributed by atoms with Crippen LogP contribution in [0, 0.1) is 0 Å². The van der Waals surface area contributed by atoms with Gasteiger partial charge >= 0.3 is 0 Å². The van der Waals surface area contributed by atoms with Crippen LogP contribution >= 0.6 is 0 Å². The Kier molecular flexibility index (Phi) is 2.89. The highest BCUT2D eigenvalue weighted by molar-refractivity contribution is 4.73. The van der Waals surface area contributed by atoms with Crippen molar-refractivity contribution in [2.75, 3.05) is 13.6 Å². The minimum Gasteiger partial charge on any atom is -0.340 e. The van der Waals surface area contributed by atoms with Crippen molar-refractivity contribution in [1.82, 2.24) is 15.5 Å². The lowest BCUT2D eigenvalue weighted by molar-refractivity contribution is 0.374. The van der Waals surface area contributed by atoms with E-state index in [1.54, 1.807) is 0 Å². The van der Waals surface area contributed by atoms with Crippen molar-refractivity contribution in [1.29, 1.82) is 0 Å². The normalized spacial score (nSPS) is 10.1. The third-order valence-electron chi connectivity index (χ3n) is 1.22. The lowest BCUT2D eigenvalue weighted by Crippen LogP contribution is -2.08. The minimum absolute atomic E-state index is 0.718. The molecule has 0 atom stereocenters. The molecule has 1 N–H and O–H groups in total. The quantitative estimate of drug-likeness (QED) is 0.609. The lowest BCUT2D eigenvalue weighted by atomic mass is 10.3. The van der Waals surface area contributed by atoms with Crippen molar-refractivity contribution in [2.45, 2.75) is 12.8 Å². The smallest absolute Gasteiger partial charge is 0.226 e. The van der Waals surface area contributed by atoms with Crippen molar-refractivity contribution < 1.29 is 4.52 Å². The summed E-state index contributed by atoms with van der Waals surface area (Å²) in [6.45, 7) is 0.988. The number of aromatic nitrogens is 2. The second-order valence-electron chi connectivity index (χ2n) is 2.04. The number of aryl methyl sites for hydroxylation is 1. The summed E-state index contributed by atoms with van der Waals surface area (Å²) in [6.07, 6.45) is 3.33. The van der Waals surface area contributed by atoms with Gasteiger partial charge in [-0.15, -0.1) is 0 Å². The molecule has 1 rings (SSSR count). The Morgan fingerprint density at radius 1 is 1.70 bits per heavy atom. The molecule has 0 bridgehead atoms.